The molecular formula is C14H16N4O4. The molecule has 2 rings (SSSR count). The molecule has 0 spiro atoms. The first-order valence-corrected chi connectivity index (χ1v) is 6.31. The summed E-state index contributed by atoms with van der Waals surface area (Å²) in [6, 6.07) is 3.23. The summed E-state index contributed by atoms with van der Waals surface area (Å²) < 4.78 is 10.3. The van der Waals surface area contributed by atoms with Crippen molar-refractivity contribution in [1.29, 1.82) is 0 Å². The molecule has 5 N–H and O–H groups in total. The number of carboxylic acids is 1. The molecule has 0 fully saturated rings. The number of methoxy groups -OCH3 is 2. The number of ether oxygens (including phenoxy) is 2. The second-order valence-electron chi connectivity index (χ2n) is 4.50. The molecule has 2 aromatic rings. The lowest BCUT2D eigenvalue weighted by Gasteiger charge is -2.13. The largest absolute Gasteiger partial charge is 0.496 e. The number of carboxylic acid groups (broad SMARTS) is 1. The fourth-order valence-electron chi connectivity index (χ4n) is 2.07. The zero-order valence-electron chi connectivity index (χ0n) is 12.2. The molecule has 0 aliphatic carbocycles. The van der Waals surface area contributed by atoms with Crippen molar-refractivity contribution in [3.63, 3.8) is 0 Å². The minimum atomic E-state index is -1.13. The van der Waals surface area contributed by atoms with Crippen molar-refractivity contribution < 1.29 is 19.4 Å². The van der Waals surface area contributed by atoms with Crippen LogP contribution in [0.3, 0.4) is 0 Å². The molecule has 1 aromatic carbocycles. The fourth-order valence-corrected chi connectivity index (χ4v) is 2.07. The Morgan fingerprint density at radius 3 is 2.27 bits per heavy atom. The Morgan fingerprint density at radius 2 is 1.82 bits per heavy atom. The van der Waals surface area contributed by atoms with Crippen LogP contribution in [0.5, 0.6) is 11.5 Å². The molecule has 0 saturated heterocycles. The van der Waals surface area contributed by atoms with Crippen LogP contribution in [0, 0.1) is 0 Å². The zero-order valence-corrected chi connectivity index (χ0v) is 12.2. The number of hydrogen-bond donors (Lipinski definition) is 3. The van der Waals surface area contributed by atoms with Gasteiger partial charge in [0.2, 0.25) is 5.95 Å². The molecule has 22 heavy (non-hydrogen) atoms. The summed E-state index contributed by atoms with van der Waals surface area (Å²) >= 11 is 0. The van der Waals surface area contributed by atoms with E-state index in [1.165, 1.54) is 20.4 Å². The number of anilines is 2. The van der Waals surface area contributed by atoms with Gasteiger partial charge in [-0.25, -0.2) is 9.78 Å². The standard InChI is InChI=1S/C14H16N4O4/c1-21-9-4-7(5-10(22-2)11(9)13(19)20)3-8-6-17-14(16)18-12(8)15/h4-6H,3H2,1-2H3,(H,19,20)(H4,15,16,17,18). The second kappa shape index (κ2) is 6.17. The zero-order chi connectivity index (χ0) is 16.3. The van der Waals surface area contributed by atoms with E-state index >= 15 is 0 Å². The van der Waals surface area contributed by atoms with Gasteiger partial charge in [-0.15, -0.1) is 0 Å². The number of rotatable bonds is 5. The molecule has 0 unspecified atom stereocenters. The molecule has 0 aliphatic rings. The van der Waals surface area contributed by atoms with Crippen LogP contribution in [0.15, 0.2) is 18.3 Å². The predicted octanol–water partition coefficient (Wildman–Crippen LogP) is 0.947. The number of benzene rings is 1. The Kier molecular flexibility index (Phi) is 4.31. The van der Waals surface area contributed by atoms with Crippen LogP contribution in [0.1, 0.15) is 21.5 Å². The Morgan fingerprint density at radius 1 is 1.23 bits per heavy atom. The highest BCUT2D eigenvalue weighted by molar-refractivity contribution is 5.94. The maximum Gasteiger partial charge on any atom is 0.343 e. The number of aromatic carboxylic acids is 1. The lowest BCUT2D eigenvalue weighted by atomic mass is 10.0. The van der Waals surface area contributed by atoms with E-state index in [4.69, 9.17) is 20.9 Å². The molecule has 0 aliphatic heterocycles. The number of carbonyl (C=O) groups is 1. The first-order chi connectivity index (χ1) is 10.5. The summed E-state index contributed by atoms with van der Waals surface area (Å²) in [7, 11) is 2.79. The van der Waals surface area contributed by atoms with Crippen molar-refractivity contribution in [1.82, 2.24) is 9.97 Å². The normalized spacial score (nSPS) is 10.3. The van der Waals surface area contributed by atoms with Crippen molar-refractivity contribution in [3.8, 4) is 11.5 Å². The van der Waals surface area contributed by atoms with Crippen LogP contribution in [-0.4, -0.2) is 35.3 Å². The third kappa shape index (κ3) is 3.00. The molecule has 0 radical (unpaired) electrons. The molecule has 8 nitrogen and oxygen atoms in total. The molecule has 0 bridgehead atoms. The minimum absolute atomic E-state index is 0.0321. The molecular weight excluding hydrogens is 288 g/mol. The number of hydrogen-bond acceptors (Lipinski definition) is 7. The number of nitrogen functional groups attached to an aromatic ring is 2. The van der Waals surface area contributed by atoms with Crippen LogP contribution in [0.4, 0.5) is 11.8 Å². The quantitative estimate of drug-likeness (QED) is 0.743. The molecule has 116 valence electrons. The Balaban J connectivity index is 2.46. The summed E-state index contributed by atoms with van der Waals surface area (Å²) in [5, 5.41) is 9.25. The minimum Gasteiger partial charge on any atom is -0.496 e. The van der Waals surface area contributed by atoms with Gasteiger partial charge in [0.1, 0.15) is 22.9 Å². The van der Waals surface area contributed by atoms with Crippen LogP contribution in [0.25, 0.3) is 0 Å². The van der Waals surface area contributed by atoms with E-state index in [-0.39, 0.29) is 28.8 Å². The van der Waals surface area contributed by atoms with Gasteiger partial charge < -0.3 is 26.0 Å². The van der Waals surface area contributed by atoms with E-state index in [0.29, 0.717) is 12.0 Å². The first kappa shape index (κ1) is 15.4. The van der Waals surface area contributed by atoms with Crippen molar-refractivity contribution in [2.45, 2.75) is 6.42 Å². The van der Waals surface area contributed by atoms with E-state index < -0.39 is 5.97 Å². The lowest BCUT2D eigenvalue weighted by Crippen LogP contribution is -2.07. The van der Waals surface area contributed by atoms with E-state index in [2.05, 4.69) is 9.97 Å². The van der Waals surface area contributed by atoms with Crippen molar-refractivity contribution in [3.05, 3.63) is 35.0 Å². The second-order valence-corrected chi connectivity index (χ2v) is 4.50. The topological polar surface area (TPSA) is 134 Å². The lowest BCUT2D eigenvalue weighted by molar-refractivity contribution is 0.0689. The van der Waals surface area contributed by atoms with Crippen LogP contribution in [0.2, 0.25) is 0 Å². The highest BCUT2D eigenvalue weighted by Crippen LogP contribution is 2.31. The number of nitrogens with zero attached hydrogens (tertiary/aromatic N) is 2. The Labute approximate surface area is 126 Å². The van der Waals surface area contributed by atoms with Gasteiger partial charge in [-0.1, -0.05) is 0 Å². The SMILES string of the molecule is COc1cc(Cc2cnc(N)nc2N)cc(OC)c1C(=O)O. The molecule has 8 heteroatoms. The molecule has 1 heterocycles. The van der Waals surface area contributed by atoms with Gasteiger partial charge >= 0.3 is 5.97 Å². The summed E-state index contributed by atoms with van der Waals surface area (Å²) in [5.41, 5.74) is 12.6. The third-order valence-electron chi connectivity index (χ3n) is 3.09. The summed E-state index contributed by atoms with van der Waals surface area (Å²) in [5.74, 6) is -0.352. The average molecular weight is 304 g/mol. The van der Waals surface area contributed by atoms with Crippen molar-refractivity contribution in [2.24, 2.45) is 0 Å². The van der Waals surface area contributed by atoms with Crippen LogP contribution in [-0.2, 0) is 6.42 Å². The maximum atomic E-state index is 11.3. The van der Waals surface area contributed by atoms with E-state index in [9.17, 15) is 9.90 Å². The van der Waals surface area contributed by atoms with Crippen molar-refractivity contribution in [2.75, 3.05) is 25.7 Å². The Bertz CT molecular complexity index is 693. The Hall–Kier alpha value is -3.03. The summed E-state index contributed by atoms with van der Waals surface area (Å²) in [6.07, 6.45) is 1.92. The smallest absolute Gasteiger partial charge is 0.343 e. The highest BCUT2D eigenvalue weighted by atomic mass is 16.5. The van der Waals surface area contributed by atoms with Crippen molar-refractivity contribution >= 4 is 17.7 Å². The van der Waals surface area contributed by atoms with Crippen LogP contribution >= 0.6 is 0 Å². The van der Waals surface area contributed by atoms with Gasteiger partial charge in [-0.3, -0.25) is 0 Å². The fraction of sp³-hybridized carbons (Fsp3) is 0.214. The molecule has 0 amide bonds. The summed E-state index contributed by atoms with van der Waals surface area (Å²) in [4.78, 5) is 19.1. The van der Waals surface area contributed by atoms with E-state index in [1.54, 1.807) is 12.1 Å². The monoisotopic (exact) mass is 304 g/mol. The van der Waals surface area contributed by atoms with Gasteiger partial charge in [0.15, 0.2) is 0 Å². The number of nitrogens with two attached hydrogens (primary N) is 2. The van der Waals surface area contributed by atoms with E-state index in [1.807, 2.05) is 0 Å². The highest BCUT2D eigenvalue weighted by Gasteiger charge is 2.19. The van der Waals surface area contributed by atoms with Gasteiger partial charge in [0.05, 0.1) is 14.2 Å². The average Bonchev–Trinajstić information content (AvgIpc) is 2.48. The van der Waals surface area contributed by atoms with Crippen LogP contribution < -0.4 is 20.9 Å². The predicted molar refractivity (Wildman–Crippen MR) is 80.2 cm³/mol. The molecule has 0 saturated carbocycles. The first-order valence-electron chi connectivity index (χ1n) is 6.31. The van der Waals surface area contributed by atoms with E-state index in [0.717, 1.165) is 5.56 Å². The maximum absolute atomic E-state index is 11.3. The van der Waals surface area contributed by atoms with Gasteiger partial charge in [-0.2, -0.15) is 4.98 Å². The number of aromatic nitrogens is 2. The third-order valence-corrected chi connectivity index (χ3v) is 3.09. The molecule has 0 atom stereocenters. The van der Waals surface area contributed by atoms with Gasteiger partial charge in [0, 0.05) is 18.2 Å². The van der Waals surface area contributed by atoms with Gasteiger partial charge in [-0.05, 0) is 17.7 Å². The van der Waals surface area contributed by atoms with Gasteiger partial charge in [0.25, 0.3) is 0 Å². The summed E-state index contributed by atoms with van der Waals surface area (Å²) in [6.45, 7) is 0. The molecule has 1 aromatic heterocycles.